The van der Waals surface area contributed by atoms with Gasteiger partial charge in [-0.1, -0.05) is 74.7 Å². The molecule has 0 aromatic heterocycles. The Balaban J connectivity index is 0.000000456. The van der Waals surface area contributed by atoms with Crippen molar-refractivity contribution in [2.45, 2.75) is 45.1 Å². The SMILES string of the molecule is CCCCCCC(=O)O.COC(C(=O)O)c1ccccc1.O=C(O)COc1ccccc1. The van der Waals surface area contributed by atoms with Crippen LogP contribution in [-0.4, -0.2) is 46.9 Å². The maximum atomic E-state index is 10.6. The van der Waals surface area contributed by atoms with Crippen molar-refractivity contribution >= 4 is 17.9 Å². The van der Waals surface area contributed by atoms with Gasteiger partial charge in [-0.15, -0.1) is 0 Å². The number of methoxy groups -OCH3 is 1. The molecule has 0 bridgehead atoms. The number of para-hydroxylation sites is 1. The van der Waals surface area contributed by atoms with Gasteiger partial charge in [0, 0.05) is 13.5 Å². The largest absolute Gasteiger partial charge is 0.482 e. The molecule has 8 heteroatoms. The number of carbonyl (C=O) groups is 3. The number of hydrogen-bond donors (Lipinski definition) is 3. The molecule has 0 aliphatic rings. The maximum absolute atomic E-state index is 10.6. The highest BCUT2D eigenvalue weighted by atomic mass is 16.5. The first kappa shape index (κ1) is 28.6. The van der Waals surface area contributed by atoms with Crippen LogP contribution in [0, 0.1) is 0 Å². The number of carboxylic acids is 3. The standard InChI is InChI=1S/C9H10O3.C8H8O3.C7H14O2/c1-12-8(9(10)11)7-5-3-2-4-6-7;9-8(10)6-11-7-4-2-1-3-5-7;1-2-3-4-5-6-7(8)9/h2-6,8H,1H3,(H,10,11);1-5H,6H2,(H,9,10);2-6H2,1H3,(H,8,9). The molecule has 8 nitrogen and oxygen atoms in total. The third-order valence-electron chi connectivity index (χ3n) is 3.91. The molecule has 1 atom stereocenters. The number of benzene rings is 2. The summed E-state index contributed by atoms with van der Waals surface area (Å²) in [5, 5.41) is 25.2. The summed E-state index contributed by atoms with van der Waals surface area (Å²) in [6.07, 6.45) is 3.70. The van der Waals surface area contributed by atoms with Crippen LogP contribution in [0.3, 0.4) is 0 Å². The second-order valence-corrected chi connectivity index (χ2v) is 6.56. The molecule has 1 unspecified atom stereocenters. The van der Waals surface area contributed by atoms with Crippen LogP contribution in [-0.2, 0) is 19.1 Å². The molecule has 0 aliphatic carbocycles. The molecule has 0 aliphatic heterocycles. The summed E-state index contributed by atoms with van der Waals surface area (Å²) >= 11 is 0. The highest BCUT2D eigenvalue weighted by Crippen LogP contribution is 2.15. The lowest BCUT2D eigenvalue weighted by atomic mass is 10.1. The van der Waals surface area contributed by atoms with E-state index in [1.54, 1.807) is 48.5 Å². The van der Waals surface area contributed by atoms with Crippen LogP contribution >= 0.6 is 0 Å². The van der Waals surface area contributed by atoms with Crippen molar-refractivity contribution in [2.75, 3.05) is 13.7 Å². The van der Waals surface area contributed by atoms with Crippen molar-refractivity contribution in [2.24, 2.45) is 0 Å². The molecular weight excluding hydrogens is 416 g/mol. The van der Waals surface area contributed by atoms with Crippen molar-refractivity contribution in [3.63, 3.8) is 0 Å². The highest BCUT2D eigenvalue weighted by molar-refractivity contribution is 5.74. The van der Waals surface area contributed by atoms with Crippen LogP contribution in [0.5, 0.6) is 5.75 Å². The van der Waals surface area contributed by atoms with Crippen LogP contribution in [0.1, 0.15) is 50.7 Å². The van der Waals surface area contributed by atoms with Gasteiger partial charge >= 0.3 is 17.9 Å². The molecule has 2 rings (SSSR count). The summed E-state index contributed by atoms with van der Waals surface area (Å²) in [5.74, 6) is -2.03. The third-order valence-corrected chi connectivity index (χ3v) is 3.91. The van der Waals surface area contributed by atoms with Crippen molar-refractivity contribution in [1.29, 1.82) is 0 Å². The van der Waals surface area contributed by atoms with Gasteiger partial charge < -0.3 is 24.8 Å². The molecule has 0 heterocycles. The Morgan fingerprint density at radius 1 is 0.812 bits per heavy atom. The van der Waals surface area contributed by atoms with E-state index in [1.165, 1.54) is 13.5 Å². The minimum atomic E-state index is -0.969. The number of aliphatic carboxylic acids is 3. The van der Waals surface area contributed by atoms with Crippen LogP contribution in [0.25, 0.3) is 0 Å². The van der Waals surface area contributed by atoms with Crippen molar-refractivity contribution in [3.05, 3.63) is 66.2 Å². The summed E-state index contributed by atoms with van der Waals surface area (Å²) in [5.41, 5.74) is 0.660. The van der Waals surface area contributed by atoms with Crippen molar-refractivity contribution in [3.8, 4) is 5.75 Å². The van der Waals surface area contributed by atoms with Gasteiger partial charge in [0.1, 0.15) is 5.75 Å². The minimum Gasteiger partial charge on any atom is -0.482 e. The fourth-order valence-electron chi connectivity index (χ4n) is 2.37. The first-order chi connectivity index (χ1) is 15.3. The first-order valence-corrected chi connectivity index (χ1v) is 10.2. The summed E-state index contributed by atoms with van der Waals surface area (Å²) in [4.78, 5) is 30.6. The van der Waals surface area contributed by atoms with E-state index in [9.17, 15) is 14.4 Å². The Hall–Kier alpha value is -3.39. The zero-order valence-corrected chi connectivity index (χ0v) is 18.5. The van der Waals surface area contributed by atoms with Crippen LogP contribution < -0.4 is 4.74 Å². The van der Waals surface area contributed by atoms with Crippen LogP contribution in [0.15, 0.2) is 60.7 Å². The molecule has 0 radical (unpaired) electrons. The van der Waals surface area contributed by atoms with Gasteiger partial charge in [0.15, 0.2) is 12.7 Å². The monoisotopic (exact) mass is 448 g/mol. The lowest BCUT2D eigenvalue weighted by molar-refractivity contribution is -0.149. The van der Waals surface area contributed by atoms with Crippen LogP contribution in [0.2, 0.25) is 0 Å². The molecule has 0 amide bonds. The summed E-state index contributed by atoms with van der Waals surface area (Å²) in [7, 11) is 1.38. The Kier molecular flexibility index (Phi) is 16.4. The highest BCUT2D eigenvalue weighted by Gasteiger charge is 2.17. The minimum absolute atomic E-state index is 0.288. The molecule has 0 saturated heterocycles. The second kappa shape index (κ2) is 18.4. The van der Waals surface area contributed by atoms with Gasteiger partial charge in [0.25, 0.3) is 0 Å². The van der Waals surface area contributed by atoms with Gasteiger partial charge in [-0.3, -0.25) is 4.79 Å². The first-order valence-electron chi connectivity index (χ1n) is 10.2. The van der Waals surface area contributed by atoms with E-state index in [4.69, 9.17) is 24.8 Å². The molecule has 2 aromatic rings. The van der Waals surface area contributed by atoms with E-state index >= 15 is 0 Å². The number of ether oxygens (including phenoxy) is 2. The van der Waals surface area contributed by atoms with Gasteiger partial charge in [-0.05, 0) is 24.1 Å². The molecule has 2 aromatic carbocycles. The Morgan fingerprint density at radius 3 is 1.81 bits per heavy atom. The predicted octanol–water partition coefficient (Wildman–Crippen LogP) is 4.65. The average Bonchev–Trinajstić information content (AvgIpc) is 2.78. The van der Waals surface area contributed by atoms with Crippen molar-refractivity contribution in [1.82, 2.24) is 0 Å². The zero-order valence-electron chi connectivity index (χ0n) is 18.5. The number of unbranched alkanes of at least 4 members (excludes halogenated alkanes) is 3. The Labute approximate surface area is 188 Å². The van der Waals surface area contributed by atoms with Crippen molar-refractivity contribution < 1.29 is 39.2 Å². The number of hydrogen-bond acceptors (Lipinski definition) is 5. The second-order valence-electron chi connectivity index (χ2n) is 6.56. The van der Waals surface area contributed by atoms with Gasteiger partial charge in [0.05, 0.1) is 0 Å². The fraction of sp³-hybridized carbons (Fsp3) is 0.375. The Bertz CT molecular complexity index is 762. The maximum Gasteiger partial charge on any atom is 0.341 e. The molecule has 3 N–H and O–H groups in total. The Morgan fingerprint density at radius 2 is 1.38 bits per heavy atom. The lowest BCUT2D eigenvalue weighted by Crippen LogP contribution is -2.12. The number of carboxylic acid groups (broad SMARTS) is 3. The summed E-state index contributed by atoms with van der Waals surface area (Å²) in [6, 6.07) is 17.7. The molecule has 32 heavy (non-hydrogen) atoms. The molecule has 0 spiro atoms. The predicted molar refractivity (Wildman–Crippen MR) is 120 cm³/mol. The zero-order chi connectivity index (χ0) is 24.2. The smallest absolute Gasteiger partial charge is 0.341 e. The lowest BCUT2D eigenvalue weighted by Gasteiger charge is -2.09. The summed E-state index contributed by atoms with van der Waals surface area (Å²) < 4.78 is 9.67. The molecule has 0 fully saturated rings. The van der Waals surface area contributed by atoms with E-state index in [0.717, 1.165) is 19.3 Å². The van der Waals surface area contributed by atoms with Gasteiger partial charge in [-0.25, -0.2) is 9.59 Å². The van der Waals surface area contributed by atoms with E-state index < -0.39 is 24.0 Å². The molecular formula is C24H32O8. The topological polar surface area (TPSA) is 130 Å². The van der Waals surface area contributed by atoms with E-state index in [2.05, 4.69) is 6.92 Å². The van der Waals surface area contributed by atoms with Crippen LogP contribution in [0.4, 0.5) is 0 Å². The molecule has 176 valence electrons. The van der Waals surface area contributed by atoms with Gasteiger partial charge in [0.2, 0.25) is 0 Å². The fourth-order valence-corrected chi connectivity index (χ4v) is 2.37. The number of rotatable bonds is 11. The average molecular weight is 449 g/mol. The van der Waals surface area contributed by atoms with E-state index in [1.807, 2.05) is 12.1 Å². The van der Waals surface area contributed by atoms with E-state index in [-0.39, 0.29) is 6.61 Å². The third kappa shape index (κ3) is 15.4. The van der Waals surface area contributed by atoms with E-state index in [0.29, 0.717) is 17.7 Å². The normalized spacial score (nSPS) is 10.4. The summed E-state index contributed by atoms with van der Waals surface area (Å²) in [6.45, 7) is 1.82. The quantitative estimate of drug-likeness (QED) is 0.424. The molecule has 0 saturated carbocycles. The van der Waals surface area contributed by atoms with Gasteiger partial charge in [-0.2, -0.15) is 0 Å².